The molecule has 0 saturated heterocycles. The van der Waals surface area contributed by atoms with Crippen LogP contribution in [0.25, 0.3) is 22.2 Å². The van der Waals surface area contributed by atoms with E-state index >= 15 is 0 Å². The first-order valence-corrected chi connectivity index (χ1v) is 12.6. The van der Waals surface area contributed by atoms with Gasteiger partial charge in [-0.25, -0.2) is 18.1 Å². The van der Waals surface area contributed by atoms with E-state index < -0.39 is 15.9 Å². The average Bonchev–Trinajstić information content (AvgIpc) is 3.29. The Morgan fingerprint density at radius 1 is 1.19 bits per heavy atom. The van der Waals surface area contributed by atoms with E-state index in [2.05, 4.69) is 20.0 Å². The number of rotatable bonds is 6. The minimum Gasteiger partial charge on any atom is -0.358 e. The molecule has 0 unspecified atom stereocenters. The number of carbonyl (C=O) groups excluding carboxylic acids is 1. The third kappa shape index (κ3) is 4.42. The summed E-state index contributed by atoms with van der Waals surface area (Å²) in [7, 11) is -3.76. The molecule has 0 radical (unpaired) electrons. The molecule has 0 fully saturated rings. The summed E-state index contributed by atoms with van der Waals surface area (Å²) in [6, 6.07) is 11.7. The number of H-pyrrole nitrogens is 1. The fourth-order valence-electron chi connectivity index (χ4n) is 3.44. The second kappa shape index (κ2) is 8.67. The van der Waals surface area contributed by atoms with E-state index in [9.17, 15) is 13.2 Å². The number of nitrogens with one attached hydrogen (secondary N) is 3. The van der Waals surface area contributed by atoms with E-state index in [1.165, 1.54) is 29.5 Å². The van der Waals surface area contributed by atoms with Crippen molar-refractivity contribution in [3.8, 4) is 11.3 Å². The molecular formula is C22H21ClN4O3S2. The normalized spacial score (nSPS) is 11.9. The van der Waals surface area contributed by atoms with Crippen molar-refractivity contribution in [1.29, 1.82) is 0 Å². The molecule has 32 heavy (non-hydrogen) atoms. The van der Waals surface area contributed by atoms with E-state index in [-0.39, 0.29) is 21.5 Å². The molecule has 0 aliphatic heterocycles. The number of aryl methyl sites for hydroxylation is 1. The largest absolute Gasteiger partial charge is 0.358 e. The van der Waals surface area contributed by atoms with Crippen molar-refractivity contribution < 1.29 is 13.2 Å². The zero-order chi connectivity index (χ0) is 23.0. The van der Waals surface area contributed by atoms with Gasteiger partial charge in [0.2, 0.25) is 10.0 Å². The van der Waals surface area contributed by atoms with Gasteiger partial charge >= 0.3 is 0 Å². The summed E-state index contributed by atoms with van der Waals surface area (Å²) >= 11 is 7.47. The second-order valence-corrected chi connectivity index (χ2v) is 10.6. The number of amides is 1. The van der Waals surface area contributed by atoms with Gasteiger partial charge in [-0.1, -0.05) is 29.8 Å². The zero-order valence-corrected chi connectivity index (χ0v) is 20.0. The lowest BCUT2D eigenvalue weighted by molar-refractivity contribution is 0.102. The number of sulfonamides is 1. The fourth-order valence-corrected chi connectivity index (χ4v) is 5.62. The Morgan fingerprint density at radius 3 is 2.69 bits per heavy atom. The van der Waals surface area contributed by atoms with Crippen molar-refractivity contribution in [1.82, 2.24) is 14.7 Å². The Morgan fingerprint density at radius 2 is 1.94 bits per heavy atom. The molecule has 4 rings (SSSR count). The smallest absolute Gasteiger partial charge is 0.259 e. The molecule has 0 spiro atoms. The summed E-state index contributed by atoms with van der Waals surface area (Å²) in [6.07, 6.45) is 0. The fraction of sp³-hybridized carbons (Fsp3) is 0.182. The van der Waals surface area contributed by atoms with Crippen LogP contribution in [0.1, 0.15) is 29.9 Å². The first kappa shape index (κ1) is 22.5. The average molecular weight is 489 g/mol. The van der Waals surface area contributed by atoms with Crippen molar-refractivity contribution in [3.05, 3.63) is 64.1 Å². The highest BCUT2D eigenvalue weighted by atomic mass is 35.5. The quantitative estimate of drug-likeness (QED) is 0.347. The van der Waals surface area contributed by atoms with Gasteiger partial charge < -0.3 is 4.98 Å². The number of thiazole rings is 1. The van der Waals surface area contributed by atoms with Crippen molar-refractivity contribution >= 4 is 54.9 Å². The number of aromatic nitrogens is 2. The summed E-state index contributed by atoms with van der Waals surface area (Å²) in [6.45, 7) is 5.41. The highest BCUT2D eigenvalue weighted by Gasteiger charge is 2.21. The predicted octanol–water partition coefficient (Wildman–Crippen LogP) is 5.19. The van der Waals surface area contributed by atoms with Gasteiger partial charge in [-0.3, -0.25) is 10.1 Å². The van der Waals surface area contributed by atoms with E-state index in [1.807, 2.05) is 36.6 Å². The number of hydrogen-bond acceptors (Lipinski definition) is 5. The molecule has 10 heteroatoms. The van der Waals surface area contributed by atoms with Crippen LogP contribution in [0.3, 0.4) is 0 Å². The van der Waals surface area contributed by atoms with Crippen LogP contribution in [-0.4, -0.2) is 30.3 Å². The van der Waals surface area contributed by atoms with E-state index in [4.69, 9.17) is 11.6 Å². The number of halogens is 1. The van der Waals surface area contributed by atoms with Crippen LogP contribution in [-0.2, 0) is 10.0 Å². The van der Waals surface area contributed by atoms with Crippen LogP contribution in [0.2, 0.25) is 5.02 Å². The standard InChI is InChI=1S/C22H21ClN4O3S2/c1-12(2)27-32(29,30)14-8-9-17(23)16(10-14)21(28)26-22-25-19(11-31-22)20-13(3)24-18-7-5-4-6-15(18)20/h4-12,24,27H,1-3H3,(H,25,26,28). The molecule has 0 aliphatic rings. The monoisotopic (exact) mass is 488 g/mol. The first-order valence-electron chi connectivity index (χ1n) is 9.82. The van der Waals surface area contributed by atoms with Crippen LogP contribution < -0.4 is 10.0 Å². The van der Waals surface area contributed by atoms with E-state index in [0.29, 0.717) is 5.13 Å². The third-order valence-corrected chi connectivity index (χ3v) is 7.50. The number of anilines is 1. The van der Waals surface area contributed by atoms with Gasteiger partial charge in [0.15, 0.2) is 5.13 Å². The van der Waals surface area contributed by atoms with Gasteiger partial charge in [0.1, 0.15) is 0 Å². The maximum Gasteiger partial charge on any atom is 0.259 e. The topological polar surface area (TPSA) is 104 Å². The van der Waals surface area contributed by atoms with E-state index in [0.717, 1.165) is 27.9 Å². The molecule has 4 aromatic rings. The summed E-state index contributed by atoms with van der Waals surface area (Å²) in [4.78, 5) is 20.7. The Kier molecular flexibility index (Phi) is 6.09. The number of para-hydroxylation sites is 1. The highest BCUT2D eigenvalue weighted by molar-refractivity contribution is 7.89. The Labute approximate surface area is 194 Å². The lowest BCUT2D eigenvalue weighted by Gasteiger charge is -2.11. The maximum atomic E-state index is 12.9. The van der Waals surface area contributed by atoms with Gasteiger partial charge in [0.05, 0.1) is 21.2 Å². The molecule has 0 aliphatic carbocycles. The van der Waals surface area contributed by atoms with Gasteiger partial charge in [-0.2, -0.15) is 0 Å². The molecule has 2 heterocycles. The molecule has 166 valence electrons. The van der Waals surface area contributed by atoms with Gasteiger partial charge in [0, 0.05) is 33.6 Å². The summed E-state index contributed by atoms with van der Waals surface area (Å²) in [5, 5.41) is 6.18. The molecule has 0 saturated carbocycles. The summed E-state index contributed by atoms with van der Waals surface area (Å²) in [5.74, 6) is -0.534. The van der Waals surface area contributed by atoms with E-state index in [1.54, 1.807) is 13.8 Å². The number of aromatic amines is 1. The van der Waals surface area contributed by atoms with Crippen LogP contribution in [0.5, 0.6) is 0 Å². The number of fused-ring (bicyclic) bond motifs is 1. The Balaban J connectivity index is 1.61. The molecule has 7 nitrogen and oxygen atoms in total. The number of nitrogens with zero attached hydrogens (tertiary/aromatic N) is 1. The zero-order valence-electron chi connectivity index (χ0n) is 17.6. The van der Waals surface area contributed by atoms with Crippen molar-refractivity contribution in [2.75, 3.05) is 5.32 Å². The number of benzene rings is 2. The maximum absolute atomic E-state index is 12.9. The first-order chi connectivity index (χ1) is 15.2. The van der Waals surface area contributed by atoms with Gasteiger partial charge in [0.25, 0.3) is 5.91 Å². The van der Waals surface area contributed by atoms with Crippen LogP contribution in [0.4, 0.5) is 5.13 Å². The molecule has 0 bridgehead atoms. The molecule has 1 amide bonds. The number of carbonyl (C=O) groups is 1. The Bertz CT molecular complexity index is 1420. The summed E-state index contributed by atoms with van der Waals surface area (Å²) in [5.41, 5.74) is 3.76. The van der Waals surface area contributed by atoms with Crippen molar-refractivity contribution in [3.63, 3.8) is 0 Å². The van der Waals surface area contributed by atoms with Crippen molar-refractivity contribution in [2.45, 2.75) is 31.7 Å². The highest BCUT2D eigenvalue weighted by Crippen LogP contribution is 2.34. The molecule has 2 aromatic carbocycles. The molecule has 3 N–H and O–H groups in total. The minimum atomic E-state index is -3.76. The third-order valence-electron chi connectivity index (χ3n) is 4.76. The summed E-state index contributed by atoms with van der Waals surface area (Å²) < 4.78 is 27.4. The lowest BCUT2D eigenvalue weighted by Crippen LogP contribution is -2.30. The van der Waals surface area contributed by atoms with Crippen LogP contribution >= 0.6 is 22.9 Å². The van der Waals surface area contributed by atoms with Gasteiger partial charge in [-0.05, 0) is 45.0 Å². The van der Waals surface area contributed by atoms with Crippen molar-refractivity contribution in [2.24, 2.45) is 0 Å². The van der Waals surface area contributed by atoms with Crippen LogP contribution in [0.15, 0.2) is 52.7 Å². The van der Waals surface area contributed by atoms with Gasteiger partial charge in [-0.15, -0.1) is 11.3 Å². The minimum absolute atomic E-state index is 0.0324. The second-order valence-electron chi connectivity index (χ2n) is 7.58. The molecule has 0 atom stereocenters. The number of hydrogen-bond donors (Lipinski definition) is 3. The molecule has 2 aromatic heterocycles. The Hall–Kier alpha value is -2.72. The van der Waals surface area contributed by atoms with Crippen LogP contribution in [0, 0.1) is 6.92 Å². The lowest BCUT2D eigenvalue weighted by atomic mass is 10.1. The predicted molar refractivity (Wildman–Crippen MR) is 129 cm³/mol. The molecular weight excluding hydrogens is 468 g/mol. The SMILES string of the molecule is Cc1[nH]c2ccccc2c1-c1csc(NC(=O)c2cc(S(=O)(=O)NC(C)C)ccc2Cl)n1.